The Morgan fingerprint density at radius 1 is 0.192 bits per heavy atom. The monoisotopic (exact) mass is 1670 g/mol. The average molecular weight is 1680 g/mol. The summed E-state index contributed by atoms with van der Waals surface area (Å²) in [6.45, 7) is 4.74. The molecule has 1 aliphatic rings. The first-order valence-corrected chi connectivity index (χ1v) is 45.6. The van der Waals surface area contributed by atoms with E-state index in [1.807, 2.05) is 29.5 Å². The molecule has 1 aliphatic carbocycles. The predicted molar refractivity (Wildman–Crippen MR) is 548 cm³/mol. The Kier molecular flexibility index (Phi) is 16.3. The van der Waals surface area contributed by atoms with Gasteiger partial charge in [0, 0.05) is 124 Å². The number of thiophene rings is 1. The minimum atomic E-state index is -0.116. The Labute approximate surface area is 752 Å². The predicted octanol–water partition coefficient (Wildman–Crippen LogP) is 34.2. The van der Waals surface area contributed by atoms with E-state index in [0.29, 0.717) is 0 Å². The molecule has 7 heteroatoms. The number of para-hydroxylation sites is 10. The molecular formula is C123H78N4O2S. The Morgan fingerprint density at radius 2 is 0.546 bits per heavy atom. The van der Waals surface area contributed by atoms with Gasteiger partial charge in [-0.1, -0.05) is 293 Å². The molecule has 0 bridgehead atoms. The molecule has 0 aliphatic heterocycles. The van der Waals surface area contributed by atoms with Gasteiger partial charge in [-0.25, -0.2) is 0 Å². The summed E-state index contributed by atoms with van der Waals surface area (Å²) in [5.41, 5.74) is 37.1. The van der Waals surface area contributed by atoms with Crippen LogP contribution in [0.2, 0.25) is 0 Å². The molecule has 0 atom stereocenters. The second-order valence-corrected chi connectivity index (χ2v) is 36.4. The third-order valence-corrected chi connectivity index (χ3v) is 29.0. The molecule has 0 N–H and O–H groups in total. The van der Waals surface area contributed by atoms with Crippen LogP contribution in [-0.2, 0) is 5.41 Å². The first-order valence-electron chi connectivity index (χ1n) is 44.7. The highest BCUT2D eigenvalue weighted by molar-refractivity contribution is 7.26. The van der Waals surface area contributed by atoms with Crippen LogP contribution in [-0.4, -0.2) is 18.3 Å². The molecule has 7 aromatic heterocycles. The fraction of sp³-hybridized carbons (Fsp3) is 0.0244. The van der Waals surface area contributed by atoms with Crippen LogP contribution in [0, 0.1) is 0 Å². The lowest BCUT2D eigenvalue weighted by atomic mass is 9.81. The molecule has 28 rings (SSSR count). The second kappa shape index (κ2) is 28.7. The zero-order valence-electron chi connectivity index (χ0n) is 71.1. The number of nitrogens with zero attached hydrogens (tertiary/aromatic N) is 4. The smallest absolute Gasteiger partial charge is 0.135 e. The molecule has 0 fully saturated rings. The molecule has 0 saturated carbocycles. The summed E-state index contributed by atoms with van der Waals surface area (Å²) in [6, 6.07) is 160. The number of hydrogen-bond acceptors (Lipinski definition) is 3. The molecule has 0 spiro atoms. The summed E-state index contributed by atoms with van der Waals surface area (Å²) in [5, 5.41) is 17.0. The van der Waals surface area contributed by atoms with Gasteiger partial charge in [-0.05, 0) is 236 Å². The van der Waals surface area contributed by atoms with Gasteiger partial charge in [0.1, 0.15) is 22.3 Å². The highest BCUT2D eigenvalue weighted by atomic mass is 32.1. The first kappa shape index (κ1) is 73.7. The quantitative estimate of drug-likeness (QED) is 0.137. The van der Waals surface area contributed by atoms with Gasteiger partial charge in [0.25, 0.3) is 0 Å². The second-order valence-electron chi connectivity index (χ2n) is 35.3. The van der Waals surface area contributed by atoms with Gasteiger partial charge in [0.05, 0.1) is 44.1 Å². The first-order chi connectivity index (χ1) is 64.2. The van der Waals surface area contributed by atoms with E-state index < -0.39 is 0 Å². The van der Waals surface area contributed by atoms with E-state index >= 15 is 0 Å². The number of aromatic nitrogens is 4. The van der Waals surface area contributed by atoms with E-state index in [1.54, 1.807) is 0 Å². The van der Waals surface area contributed by atoms with Crippen LogP contribution in [0.5, 0.6) is 0 Å². The van der Waals surface area contributed by atoms with Crippen molar-refractivity contribution in [1.29, 1.82) is 0 Å². The van der Waals surface area contributed by atoms with Gasteiger partial charge < -0.3 is 27.1 Å². The highest BCUT2D eigenvalue weighted by Crippen LogP contribution is 2.53. The summed E-state index contributed by atoms with van der Waals surface area (Å²) in [5.74, 6) is 0. The Morgan fingerprint density at radius 3 is 1.07 bits per heavy atom. The Bertz CT molecular complexity index is 9430. The fourth-order valence-corrected chi connectivity index (χ4v) is 23.1. The van der Waals surface area contributed by atoms with Crippen LogP contribution in [0.25, 0.3) is 252 Å². The molecule has 0 saturated heterocycles. The van der Waals surface area contributed by atoms with E-state index in [4.69, 9.17) is 8.83 Å². The van der Waals surface area contributed by atoms with Gasteiger partial charge in [-0.2, -0.15) is 0 Å². The summed E-state index contributed by atoms with van der Waals surface area (Å²) >= 11 is 1.88. The lowest BCUT2D eigenvalue weighted by Gasteiger charge is -2.22. The van der Waals surface area contributed by atoms with Crippen molar-refractivity contribution in [2.75, 3.05) is 0 Å². The van der Waals surface area contributed by atoms with Gasteiger partial charge in [0.15, 0.2) is 0 Å². The van der Waals surface area contributed by atoms with Crippen LogP contribution in [0.15, 0.2) is 446 Å². The third kappa shape index (κ3) is 11.3. The average Bonchev–Trinajstić information content (AvgIpc) is 1.57. The standard InChI is InChI=1S/C63H42N2O.C60H36N2OS/c1-63(2)55-23-10-6-17-47(55)48-30-27-39(36-56(48)63)41-33-42(35-43(34-41)46-21-14-22-53-50-19-8-12-25-58(50)65(62(46)53)44-15-4-3-5-16-44)40-28-31-51-49-18-7-11-24-57(49)64(59(51)37-40)45-29-32-61-54(38-45)52-20-9-13-26-60(52)66-61;1-2-14-41(15-3-1)62-54-25-9-5-17-46(54)50-22-12-20-43(59(50)62)39-32-38(33-40(34-39)44-21-13-23-51-49-19-7-11-27-58(49)64-60(44)51)37-28-30-47-45-16-4-8-24-53(45)61(55(47)35-37)42-29-31-57-52(36-42)48-18-6-10-26-56(48)63-57/h3-38H,1-2H3;1-36H. The van der Waals surface area contributed by atoms with Crippen molar-refractivity contribution in [2.24, 2.45) is 0 Å². The third-order valence-electron chi connectivity index (χ3n) is 27.8. The zero-order valence-corrected chi connectivity index (χ0v) is 71.9. The summed E-state index contributed by atoms with van der Waals surface area (Å²) in [4.78, 5) is 0. The number of rotatable bonds is 10. The Balaban J connectivity index is 0.000000134. The van der Waals surface area contributed by atoms with Crippen molar-refractivity contribution in [3.63, 3.8) is 0 Å². The lowest BCUT2D eigenvalue weighted by Crippen LogP contribution is -2.14. The maximum atomic E-state index is 6.29. The summed E-state index contributed by atoms with van der Waals surface area (Å²) in [6.07, 6.45) is 0. The van der Waals surface area contributed by atoms with Crippen LogP contribution in [0.4, 0.5) is 0 Å². The Hall–Kier alpha value is -16.6. The lowest BCUT2D eigenvalue weighted by molar-refractivity contribution is 0.660. The molecule has 608 valence electrons. The SMILES string of the molecule is CC1(C)c2ccccc2-c2ccc(-c3cc(-c4ccc5c6ccccc6n(-c6ccc7oc8ccccc8c7c6)c5c4)cc(-c4cccc5c6ccccc6n(-c6ccccc6)c45)c3)cc21.c1ccc(-n2c3ccccc3c3cccc(-c4cc(-c5ccc6c7ccccc7n(-c7ccc8oc9ccccc9c8c7)c6c5)cc(-c5cccc6c5sc5ccccc56)c4)c32)cc1. The highest BCUT2D eigenvalue weighted by Gasteiger charge is 2.36. The van der Waals surface area contributed by atoms with Crippen LogP contribution < -0.4 is 0 Å². The van der Waals surface area contributed by atoms with Gasteiger partial charge in [-0.3, -0.25) is 0 Å². The summed E-state index contributed by atoms with van der Waals surface area (Å²) < 4.78 is 24.9. The molecule has 20 aromatic carbocycles. The number of benzene rings is 20. The largest absolute Gasteiger partial charge is 0.456 e. The molecule has 130 heavy (non-hydrogen) atoms. The minimum Gasteiger partial charge on any atom is -0.456 e. The maximum Gasteiger partial charge on any atom is 0.135 e. The summed E-state index contributed by atoms with van der Waals surface area (Å²) in [7, 11) is 0. The molecule has 0 radical (unpaired) electrons. The molecule has 0 amide bonds. The normalized spacial score (nSPS) is 12.6. The number of hydrogen-bond donors (Lipinski definition) is 0. The molecule has 7 heterocycles. The van der Waals surface area contributed by atoms with Gasteiger partial charge in [-0.15, -0.1) is 11.3 Å². The number of fused-ring (bicyclic) bond motifs is 24. The van der Waals surface area contributed by atoms with Crippen molar-refractivity contribution >= 4 is 163 Å². The van der Waals surface area contributed by atoms with E-state index in [-0.39, 0.29) is 5.41 Å². The van der Waals surface area contributed by atoms with Crippen molar-refractivity contribution in [3.8, 4) is 101 Å². The van der Waals surface area contributed by atoms with E-state index in [0.717, 1.165) is 88.8 Å². The zero-order chi connectivity index (χ0) is 85.6. The maximum absolute atomic E-state index is 6.29. The number of furan rings is 2. The van der Waals surface area contributed by atoms with Crippen molar-refractivity contribution in [1.82, 2.24) is 18.3 Å². The van der Waals surface area contributed by atoms with E-state index in [1.165, 1.54) is 174 Å². The van der Waals surface area contributed by atoms with Crippen molar-refractivity contribution in [3.05, 3.63) is 448 Å². The van der Waals surface area contributed by atoms with Crippen molar-refractivity contribution in [2.45, 2.75) is 19.3 Å². The van der Waals surface area contributed by atoms with E-state index in [9.17, 15) is 0 Å². The molecule has 27 aromatic rings. The van der Waals surface area contributed by atoms with Crippen LogP contribution >= 0.6 is 11.3 Å². The van der Waals surface area contributed by atoms with Gasteiger partial charge in [0.2, 0.25) is 0 Å². The molecule has 6 nitrogen and oxygen atoms in total. The molecular weight excluding hydrogens is 1600 g/mol. The molecule has 0 unspecified atom stereocenters. The topological polar surface area (TPSA) is 46.0 Å². The van der Waals surface area contributed by atoms with Crippen molar-refractivity contribution < 1.29 is 8.83 Å². The van der Waals surface area contributed by atoms with Crippen LogP contribution in [0.1, 0.15) is 25.0 Å². The van der Waals surface area contributed by atoms with Gasteiger partial charge >= 0.3 is 0 Å². The van der Waals surface area contributed by atoms with E-state index in [2.05, 4.69) is 451 Å². The minimum absolute atomic E-state index is 0.116. The fourth-order valence-electron chi connectivity index (χ4n) is 21.8. The van der Waals surface area contributed by atoms with Crippen LogP contribution in [0.3, 0.4) is 0 Å².